The molecule has 0 unspecified atom stereocenters. The van der Waals surface area contributed by atoms with Crippen LogP contribution in [-0.2, 0) is 18.2 Å². The zero-order valence-electron chi connectivity index (χ0n) is 11.5. The van der Waals surface area contributed by atoms with Gasteiger partial charge in [-0.2, -0.15) is 0 Å². The van der Waals surface area contributed by atoms with Gasteiger partial charge in [0.15, 0.2) is 5.75 Å². The molecule has 0 amide bonds. The van der Waals surface area contributed by atoms with Crippen molar-refractivity contribution in [2.24, 2.45) is 7.05 Å². The number of nitrogens with zero attached hydrogens (tertiary/aromatic N) is 2. The maximum atomic E-state index is 12.0. The van der Waals surface area contributed by atoms with E-state index in [4.69, 9.17) is 15.2 Å². The van der Waals surface area contributed by atoms with Gasteiger partial charge in [-0.3, -0.25) is 0 Å². The summed E-state index contributed by atoms with van der Waals surface area (Å²) in [6.45, 7) is 0.252. The number of aromatic nitrogens is 2. The summed E-state index contributed by atoms with van der Waals surface area (Å²) in [5, 5.41) is 0. The van der Waals surface area contributed by atoms with Crippen molar-refractivity contribution in [2.45, 2.75) is 6.42 Å². The number of carbonyl (C=O) groups is 1. The molecule has 0 aliphatic heterocycles. The molecule has 0 saturated heterocycles. The predicted octanol–water partition coefficient (Wildman–Crippen LogP) is 1.41. The Hall–Kier alpha value is -2.50. The van der Waals surface area contributed by atoms with Gasteiger partial charge < -0.3 is 19.8 Å². The maximum absolute atomic E-state index is 12.0. The number of benzene rings is 1. The third-order valence-electron chi connectivity index (χ3n) is 2.95. The standard InChI is InChI=1S/C14H17N3O3/c1-17-8-7-16-12(17)6-9-20-14(18)10-4-3-5-11(15)13(10)19-2/h3-5,7-8H,6,9,15H2,1-2H3. The lowest BCUT2D eigenvalue weighted by molar-refractivity contribution is 0.0503. The summed E-state index contributed by atoms with van der Waals surface area (Å²) in [4.78, 5) is 16.2. The van der Waals surface area contributed by atoms with Crippen LogP contribution in [0.3, 0.4) is 0 Å². The summed E-state index contributed by atoms with van der Waals surface area (Å²) in [7, 11) is 3.36. The van der Waals surface area contributed by atoms with Crippen molar-refractivity contribution < 1.29 is 14.3 Å². The average Bonchev–Trinajstić information content (AvgIpc) is 2.84. The molecule has 0 spiro atoms. The molecule has 2 N–H and O–H groups in total. The van der Waals surface area contributed by atoms with Crippen molar-refractivity contribution in [1.82, 2.24) is 9.55 Å². The SMILES string of the molecule is COc1c(N)cccc1C(=O)OCCc1nccn1C. The molecule has 106 valence electrons. The van der Waals surface area contributed by atoms with E-state index in [0.717, 1.165) is 5.82 Å². The number of hydrogen-bond acceptors (Lipinski definition) is 5. The first kappa shape index (κ1) is 13.9. The van der Waals surface area contributed by atoms with Crippen LogP contribution in [0.25, 0.3) is 0 Å². The van der Waals surface area contributed by atoms with Gasteiger partial charge in [0.1, 0.15) is 11.4 Å². The number of hydrogen-bond donors (Lipinski definition) is 1. The topological polar surface area (TPSA) is 79.4 Å². The van der Waals surface area contributed by atoms with Gasteiger partial charge in [-0.1, -0.05) is 6.07 Å². The maximum Gasteiger partial charge on any atom is 0.342 e. The van der Waals surface area contributed by atoms with Crippen molar-refractivity contribution in [2.75, 3.05) is 19.5 Å². The van der Waals surface area contributed by atoms with Crippen LogP contribution in [0.2, 0.25) is 0 Å². The first-order valence-corrected chi connectivity index (χ1v) is 6.19. The van der Waals surface area contributed by atoms with Crippen LogP contribution >= 0.6 is 0 Å². The van der Waals surface area contributed by atoms with Gasteiger partial charge in [-0.25, -0.2) is 9.78 Å². The zero-order valence-corrected chi connectivity index (χ0v) is 11.5. The van der Waals surface area contributed by atoms with Crippen molar-refractivity contribution in [1.29, 1.82) is 0 Å². The van der Waals surface area contributed by atoms with Crippen LogP contribution in [0.1, 0.15) is 16.2 Å². The first-order chi connectivity index (χ1) is 9.63. The molecule has 1 aromatic heterocycles. The van der Waals surface area contributed by atoms with Crippen LogP contribution in [0.4, 0.5) is 5.69 Å². The number of nitrogens with two attached hydrogens (primary N) is 1. The molecule has 1 aromatic carbocycles. The van der Waals surface area contributed by atoms with E-state index in [2.05, 4.69) is 4.98 Å². The highest BCUT2D eigenvalue weighted by atomic mass is 16.5. The minimum atomic E-state index is -0.455. The van der Waals surface area contributed by atoms with Gasteiger partial charge >= 0.3 is 5.97 Å². The molecule has 1 heterocycles. The fourth-order valence-corrected chi connectivity index (χ4v) is 1.89. The second kappa shape index (κ2) is 6.10. The van der Waals surface area contributed by atoms with Gasteiger partial charge in [0.2, 0.25) is 0 Å². The molecule has 2 rings (SSSR count). The van der Waals surface area contributed by atoms with E-state index < -0.39 is 5.97 Å². The van der Waals surface area contributed by atoms with E-state index in [-0.39, 0.29) is 6.61 Å². The Morgan fingerprint density at radius 3 is 2.90 bits per heavy atom. The van der Waals surface area contributed by atoms with E-state index in [9.17, 15) is 4.79 Å². The number of carbonyl (C=O) groups excluding carboxylic acids is 1. The highest BCUT2D eigenvalue weighted by Crippen LogP contribution is 2.26. The van der Waals surface area contributed by atoms with Gasteiger partial charge in [0, 0.05) is 25.9 Å². The second-order valence-corrected chi connectivity index (χ2v) is 4.27. The Balaban J connectivity index is 1.99. The number of esters is 1. The van der Waals surface area contributed by atoms with Gasteiger partial charge in [0.25, 0.3) is 0 Å². The van der Waals surface area contributed by atoms with Gasteiger partial charge in [-0.15, -0.1) is 0 Å². The number of para-hydroxylation sites is 1. The van der Waals surface area contributed by atoms with E-state index in [1.54, 1.807) is 24.4 Å². The average molecular weight is 275 g/mol. The fraction of sp³-hybridized carbons (Fsp3) is 0.286. The van der Waals surface area contributed by atoms with Crippen LogP contribution in [-0.4, -0.2) is 29.2 Å². The lowest BCUT2D eigenvalue weighted by Crippen LogP contribution is -2.12. The number of nitrogen functional groups attached to an aromatic ring is 1. The number of imidazole rings is 1. The summed E-state index contributed by atoms with van der Waals surface area (Å²) in [6, 6.07) is 4.98. The third kappa shape index (κ3) is 2.90. The van der Waals surface area contributed by atoms with Gasteiger partial charge in [0.05, 0.1) is 19.4 Å². The summed E-state index contributed by atoms with van der Waals surface area (Å²) in [5.41, 5.74) is 6.48. The van der Waals surface area contributed by atoms with Crippen LogP contribution in [0, 0.1) is 0 Å². The van der Waals surface area contributed by atoms with Crippen LogP contribution in [0.15, 0.2) is 30.6 Å². The Kier molecular flexibility index (Phi) is 4.24. The van der Waals surface area contributed by atoms with E-state index in [1.807, 2.05) is 17.8 Å². The molecule has 0 aliphatic rings. The normalized spacial score (nSPS) is 10.3. The number of rotatable bonds is 5. The fourth-order valence-electron chi connectivity index (χ4n) is 1.89. The highest BCUT2D eigenvalue weighted by Gasteiger charge is 2.15. The Bertz CT molecular complexity index is 607. The lowest BCUT2D eigenvalue weighted by atomic mass is 10.2. The molecule has 0 bridgehead atoms. The van der Waals surface area contributed by atoms with Gasteiger partial charge in [-0.05, 0) is 12.1 Å². The van der Waals surface area contributed by atoms with Crippen LogP contribution in [0.5, 0.6) is 5.75 Å². The molecule has 0 atom stereocenters. The molecular weight excluding hydrogens is 258 g/mol. The quantitative estimate of drug-likeness (QED) is 0.659. The molecule has 0 fully saturated rings. The number of aryl methyl sites for hydroxylation is 1. The molecule has 6 heteroatoms. The second-order valence-electron chi connectivity index (χ2n) is 4.27. The van der Waals surface area contributed by atoms with Crippen LogP contribution < -0.4 is 10.5 Å². The monoisotopic (exact) mass is 275 g/mol. The molecule has 0 radical (unpaired) electrons. The third-order valence-corrected chi connectivity index (χ3v) is 2.95. The summed E-state index contributed by atoms with van der Waals surface area (Å²) in [5.74, 6) is 0.746. The largest absolute Gasteiger partial charge is 0.494 e. The molecule has 0 saturated carbocycles. The number of methoxy groups -OCH3 is 1. The summed E-state index contributed by atoms with van der Waals surface area (Å²) < 4.78 is 12.2. The number of ether oxygens (including phenoxy) is 2. The molecule has 2 aromatic rings. The number of anilines is 1. The Morgan fingerprint density at radius 2 is 2.25 bits per heavy atom. The summed E-state index contributed by atoms with van der Waals surface area (Å²) in [6.07, 6.45) is 4.11. The Labute approximate surface area is 117 Å². The van der Waals surface area contributed by atoms with Crippen molar-refractivity contribution in [3.8, 4) is 5.75 Å². The van der Waals surface area contributed by atoms with E-state index >= 15 is 0 Å². The summed E-state index contributed by atoms with van der Waals surface area (Å²) >= 11 is 0. The smallest absolute Gasteiger partial charge is 0.342 e. The zero-order chi connectivity index (χ0) is 14.5. The van der Waals surface area contributed by atoms with E-state index in [1.165, 1.54) is 7.11 Å². The molecule has 0 aliphatic carbocycles. The molecule has 20 heavy (non-hydrogen) atoms. The van der Waals surface area contributed by atoms with Crippen molar-refractivity contribution in [3.63, 3.8) is 0 Å². The molecule has 6 nitrogen and oxygen atoms in total. The van der Waals surface area contributed by atoms with Crippen molar-refractivity contribution >= 4 is 11.7 Å². The predicted molar refractivity (Wildman–Crippen MR) is 74.6 cm³/mol. The minimum absolute atomic E-state index is 0.252. The lowest BCUT2D eigenvalue weighted by Gasteiger charge is -2.10. The first-order valence-electron chi connectivity index (χ1n) is 6.19. The van der Waals surface area contributed by atoms with E-state index in [0.29, 0.717) is 23.4 Å². The highest BCUT2D eigenvalue weighted by molar-refractivity contribution is 5.94. The molecular formula is C14H17N3O3. The van der Waals surface area contributed by atoms with Crippen molar-refractivity contribution in [3.05, 3.63) is 42.0 Å². The minimum Gasteiger partial charge on any atom is -0.494 e. The Morgan fingerprint density at radius 1 is 1.45 bits per heavy atom.